The van der Waals surface area contributed by atoms with Crippen molar-refractivity contribution in [3.05, 3.63) is 79.1 Å². The number of nitrogens with zero attached hydrogens (tertiary/aromatic N) is 4. The third-order valence-electron chi connectivity index (χ3n) is 4.63. The van der Waals surface area contributed by atoms with E-state index < -0.39 is 0 Å². The molecule has 0 radical (unpaired) electrons. The lowest BCUT2D eigenvalue weighted by molar-refractivity contribution is 0.398. The van der Waals surface area contributed by atoms with Gasteiger partial charge in [-0.1, -0.05) is 30.3 Å². The summed E-state index contributed by atoms with van der Waals surface area (Å²) in [5, 5.41) is 5.91. The van der Waals surface area contributed by atoms with Crippen molar-refractivity contribution in [3.8, 4) is 28.4 Å². The minimum atomic E-state index is 0.565. The van der Waals surface area contributed by atoms with Crippen molar-refractivity contribution in [1.82, 2.24) is 19.6 Å². The highest BCUT2D eigenvalue weighted by Gasteiger charge is 2.19. The number of methoxy groups -OCH3 is 1. The first-order valence-electron chi connectivity index (χ1n) is 8.68. The Labute approximate surface area is 155 Å². The lowest BCUT2D eigenvalue weighted by Crippen LogP contribution is -1.92. The van der Waals surface area contributed by atoms with E-state index in [2.05, 4.69) is 22.1 Å². The molecule has 0 N–H and O–H groups in total. The molecule has 0 bridgehead atoms. The Balaban J connectivity index is 1.88. The number of benzene rings is 1. The van der Waals surface area contributed by atoms with Gasteiger partial charge in [0, 0.05) is 29.4 Å². The fraction of sp³-hybridized carbons (Fsp3) is 0.0455. The summed E-state index contributed by atoms with van der Waals surface area (Å²) < 4.78 is 7.20. The summed E-state index contributed by atoms with van der Waals surface area (Å²) in [7, 11) is 1.62. The Morgan fingerprint density at radius 2 is 1.78 bits per heavy atom. The van der Waals surface area contributed by atoms with Crippen LogP contribution < -0.4 is 4.74 Å². The molecule has 5 heteroatoms. The van der Waals surface area contributed by atoms with Crippen LogP contribution in [0.4, 0.5) is 0 Å². The van der Waals surface area contributed by atoms with E-state index in [0.717, 1.165) is 38.9 Å². The molecule has 5 rings (SSSR count). The molecule has 0 aliphatic carbocycles. The number of rotatable bonds is 3. The monoisotopic (exact) mass is 352 g/mol. The largest absolute Gasteiger partial charge is 0.481 e. The summed E-state index contributed by atoms with van der Waals surface area (Å²) >= 11 is 0. The van der Waals surface area contributed by atoms with E-state index in [-0.39, 0.29) is 0 Å². The van der Waals surface area contributed by atoms with Gasteiger partial charge in [-0.05, 0) is 35.9 Å². The molecule has 0 atom stereocenters. The Morgan fingerprint density at radius 1 is 0.889 bits per heavy atom. The summed E-state index contributed by atoms with van der Waals surface area (Å²) in [5.74, 6) is 0.565. The van der Waals surface area contributed by atoms with Gasteiger partial charge in [0.05, 0.1) is 23.8 Å². The minimum absolute atomic E-state index is 0.565. The maximum Gasteiger partial charge on any atom is 0.213 e. The number of ether oxygens (including phenoxy) is 1. The summed E-state index contributed by atoms with van der Waals surface area (Å²) in [5.41, 5.74) is 5.69. The van der Waals surface area contributed by atoms with E-state index in [1.807, 2.05) is 71.5 Å². The molecular weight excluding hydrogens is 336 g/mol. The van der Waals surface area contributed by atoms with Crippen LogP contribution in [0.15, 0.2) is 79.1 Å². The van der Waals surface area contributed by atoms with E-state index in [0.29, 0.717) is 5.88 Å². The van der Waals surface area contributed by atoms with Crippen LogP contribution in [0.5, 0.6) is 5.88 Å². The standard InChI is InChI=1S/C22H16N4O/c1-27-20-11-6-9-18(24-20)22-21(19-10-4-5-14-26(19)25-22)16-12-13-23-17-8-3-2-7-15(16)17/h2-14H,1H3. The zero-order valence-corrected chi connectivity index (χ0v) is 14.7. The van der Waals surface area contributed by atoms with Gasteiger partial charge in [-0.25, -0.2) is 9.50 Å². The number of hydrogen-bond acceptors (Lipinski definition) is 4. The predicted octanol–water partition coefficient (Wildman–Crippen LogP) is 4.62. The molecule has 0 amide bonds. The minimum Gasteiger partial charge on any atom is -0.481 e. The van der Waals surface area contributed by atoms with Gasteiger partial charge in [0.1, 0.15) is 5.69 Å². The van der Waals surface area contributed by atoms with Crippen molar-refractivity contribution in [2.24, 2.45) is 0 Å². The van der Waals surface area contributed by atoms with Crippen molar-refractivity contribution in [2.75, 3.05) is 7.11 Å². The molecule has 5 nitrogen and oxygen atoms in total. The molecule has 5 aromatic rings. The second-order valence-corrected chi connectivity index (χ2v) is 6.19. The molecule has 27 heavy (non-hydrogen) atoms. The normalized spacial score (nSPS) is 11.1. The fourth-order valence-electron chi connectivity index (χ4n) is 3.42. The van der Waals surface area contributed by atoms with Crippen LogP contribution in [0.25, 0.3) is 38.9 Å². The molecule has 0 spiro atoms. The van der Waals surface area contributed by atoms with E-state index in [9.17, 15) is 0 Å². The highest BCUT2D eigenvalue weighted by atomic mass is 16.5. The van der Waals surface area contributed by atoms with Crippen molar-refractivity contribution in [2.45, 2.75) is 0 Å². The van der Waals surface area contributed by atoms with Crippen LogP contribution in [-0.4, -0.2) is 26.7 Å². The highest BCUT2D eigenvalue weighted by Crippen LogP contribution is 2.37. The molecule has 0 saturated carbocycles. The Morgan fingerprint density at radius 3 is 2.70 bits per heavy atom. The zero-order valence-electron chi connectivity index (χ0n) is 14.7. The molecule has 4 heterocycles. The molecule has 0 unspecified atom stereocenters. The maximum absolute atomic E-state index is 5.31. The quantitative estimate of drug-likeness (QED) is 0.475. The summed E-state index contributed by atoms with van der Waals surface area (Å²) in [6.07, 6.45) is 3.79. The maximum atomic E-state index is 5.31. The van der Waals surface area contributed by atoms with E-state index in [1.54, 1.807) is 7.11 Å². The van der Waals surface area contributed by atoms with Gasteiger partial charge in [-0.3, -0.25) is 4.98 Å². The zero-order chi connectivity index (χ0) is 18.2. The van der Waals surface area contributed by atoms with Gasteiger partial charge in [0.25, 0.3) is 0 Å². The van der Waals surface area contributed by atoms with Crippen LogP contribution in [0.3, 0.4) is 0 Å². The Kier molecular flexibility index (Phi) is 3.57. The van der Waals surface area contributed by atoms with Gasteiger partial charge in [0.2, 0.25) is 5.88 Å². The first-order valence-corrected chi connectivity index (χ1v) is 8.68. The van der Waals surface area contributed by atoms with Crippen molar-refractivity contribution < 1.29 is 4.74 Å². The van der Waals surface area contributed by atoms with Gasteiger partial charge in [-0.2, -0.15) is 5.10 Å². The van der Waals surface area contributed by atoms with E-state index in [4.69, 9.17) is 9.84 Å². The third-order valence-corrected chi connectivity index (χ3v) is 4.63. The van der Waals surface area contributed by atoms with Crippen LogP contribution in [-0.2, 0) is 0 Å². The summed E-state index contributed by atoms with van der Waals surface area (Å²) in [6.45, 7) is 0. The van der Waals surface area contributed by atoms with Crippen molar-refractivity contribution in [3.63, 3.8) is 0 Å². The summed E-state index contributed by atoms with van der Waals surface area (Å²) in [4.78, 5) is 9.11. The fourth-order valence-corrected chi connectivity index (χ4v) is 3.42. The van der Waals surface area contributed by atoms with Crippen molar-refractivity contribution in [1.29, 1.82) is 0 Å². The molecule has 0 saturated heterocycles. The number of pyridine rings is 3. The van der Waals surface area contributed by atoms with Crippen LogP contribution in [0.1, 0.15) is 0 Å². The summed E-state index contributed by atoms with van der Waals surface area (Å²) in [6, 6.07) is 22.0. The van der Waals surface area contributed by atoms with E-state index in [1.165, 1.54) is 0 Å². The highest BCUT2D eigenvalue weighted by molar-refractivity contribution is 6.03. The van der Waals surface area contributed by atoms with Crippen LogP contribution >= 0.6 is 0 Å². The molecule has 130 valence electrons. The van der Waals surface area contributed by atoms with E-state index >= 15 is 0 Å². The molecule has 0 fully saturated rings. The predicted molar refractivity (Wildman–Crippen MR) is 106 cm³/mol. The SMILES string of the molecule is COc1cccc(-c2nn3ccccc3c2-c2ccnc3ccccc23)n1. The smallest absolute Gasteiger partial charge is 0.213 e. The molecule has 0 aliphatic heterocycles. The molecule has 1 aromatic carbocycles. The third kappa shape index (κ3) is 2.52. The second kappa shape index (κ2) is 6.21. The van der Waals surface area contributed by atoms with Gasteiger partial charge in [0.15, 0.2) is 0 Å². The lowest BCUT2D eigenvalue weighted by atomic mass is 9.98. The Hall–Kier alpha value is -3.73. The molecular formula is C22H16N4O. The number of aromatic nitrogens is 4. The number of hydrogen-bond donors (Lipinski definition) is 0. The van der Waals surface area contributed by atoms with Gasteiger partial charge in [-0.15, -0.1) is 0 Å². The van der Waals surface area contributed by atoms with Crippen LogP contribution in [0, 0.1) is 0 Å². The average Bonchev–Trinajstić information content (AvgIpc) is 3.13. The first kappa shape index (κ1) is 15.5. The molecule has 4 aromatic heterocycles. The van der Waals surface area contributed by atoms with Gasteiger partial charge >= 0.3 is 0 Å². The lowest BCUT2D eigenvalue weighted by Gasteiger charge is -2.08. The average molecular weight is 352 g/mol. The molecule has 0 aliphatic rings. The van der Waals surface area contributed by atoms with Gasteiger partial charge < -0.3 is 4.74 Å². The van der Waals surface area contributed by atoms with Crippen molar-refractivity contribution >= 4 is 16.4 Å². The number of para-hydroxylation sites is 1. The second-order valence-electron chi connectivity index (χ2n) is 6.19. The Bertz CT molecular complexity index is 1270. The topological polar surface area (TPSA) is 52.3 Å². The number of fused-ring (bicyclic) bond motifs is 2. The van der Waals surface area contributed by atoms with Crippen LogP contribution in [0.2, 0.25) is 0 Å². The first-order chi connectivity index (χ1) is 13.3.